The van der Waals surface area contributed by atoms with Crippen LogP contribution in [0.5, 0.6) is 0 Å². The highest BCUT2D eigenvalue weighted by atomic mass is 28.3. The fraction of sp³-hybridized carbons (Fsp3) is 0. The van der Waals surface area contributed by atoms with E-state index in [2.05, 4.69) is 150 Å². The van der Waals surface area contributed by atoms with Crippen LogP contribution in [0.1, 0.15) is 11.1 Å². The zero-order valence-electron chi connectivity index (χ0n) is 34.1. The van der Waals surface area contributed by atoms with Crippen LogP contribution in [-0.2, 0) is 0 Å². The maximum atomic E-state index is 9.94. The average Bonchev–Trinajstić information content (AvgIpc) is 4.01. The Kier molecular flexibility index (Phi) is 8.41. The van der Waals surface area contributed by atoms with Gasteiger partial charge < -0.3 is 0 Å². The molecule has 4 aromatic heterocycles. The Balaban J connectivity index is 1.14. The van der Waals surface area contributed by atoms with Gasteiger partial charge in [0.2, 0.25) is 17.7 Å². The van der Waals surface area contributed by atoms with Crippen molar-refractivity contribution in [1.29, 1.82) is 10.5 Å². The highest BCUT2D eigenvalue weighted by molar-refractivity contribution is 7.19. The molecule has 0 aliphatic heterocycles. The molecule has 12 rings (SSSR count). The van der Waals surface area contributed by atoms with Crippen LogP contribution in [0.3, 0.4) is 0 Å². The van der Waals surface area contributed by atoms with Gasteiger partial charge in [-0.05, 0) is 81.4 Å². The molecule has 0 saturated carbocycles. The summed E-state index contributed by atoms with van der Waals surface area (Å²) in [6.07, 6.45) is 0. The lowest BCUT2D eigenvalue weighted by atomic mass is 10.1. The molecule has 0 unspecified atom stereocenters. The Morgan fingerprint density at radius 3 is 1.41 bits per heavy atom. The van der Waals surface area contributed by atoms with Gasteiger partial charge in [0.05, 0.1) is 56.4 Å². The normalized spacial score (nSPS) is 11.7. The van der Waals surface area contributed by atoms with Gasteiger partial charge in [-0.1, -0.05) is 140 Å². The maximum Gasteiger partial charge on any atom is 0.242 e. The molecular weight excluding hydrogens is 803 g/mol. The summed E-state index contributed by atoms with van der Waals surface area (Å²) < 4.78 is 6.15. The van der Waals surface area contributed by atoms with Crippen molar-refractivity contribution in [3.63, 3.8) is 0 Å². The summed E-state index contributed by atoms with van der Waals surface area (Å²) in [6.45, 7) is 0. The number of para-hydroxylation sites is 4. The van der Waals surface area contributed by atoms with E-state index in [-0.39, 0.29) is 0 Å². The number of hydrogen-bond donors (Lipinski definition) is 0. The van der Waals surface area contributed by atoms with Crippen LogP contribution in [0.25, 0.3) is 72.9 Å². The molecule has 0 bridgehead atoms. The van der Waals surface area contributed by atoms with E-state index in [1.54, 1.807) is 12.1 Å². The predicted octanol–water partition coefficient (Wildman–Crippen LogP) is 8.50. The molecule has 298 valence electrons. The Morgan fingerprint density at radius 2 is 0.859 bits per heavy atom. The Morgan fingerprint density at radius 1 is 0.391 bits per heavy atom. The van der Waals surface area contributed by atoms with Gasteiger partial charge in [0, 0.05) is 16.3 Å². The van der Waals surface area contributed by atoms with E-state index in [1.807, 2.05) is 63.7 Å². The minimum Gasteiger partial charge on any atom is -0.278 e. The van der Waals surface area contributed by atoms with Crippen molar-refractivity contribution < 1.29 is 0 Å². The second-order valence-electron chi connectivity index (χ2n) is 15.8. The lowest BCUT2D eigenvalue weighted by Gasteiger charge is -2.34. The summed E-state index contributed by atoms with van der Waals surface area (Å²) in [6, 6.07) is 73.4. The molecular formula is C54H33N9Si. The van der Waals surface area contributed by atoms with Gasteiger partial charge in [0.1, 0.15) is 0 Å². The van der Waals surface area contributed by atoms with Crippen LogP contribution in [0.2, 0.25) is 0 Å². The number of imidazole rings is 2. The third-order valence-corrected chi connectivity index (χ3v) is 17.1. The van der Waals surface area contributed by atoms with E-state index in [0.29, 0.717) is 34.6 Å². The maximum absolute atomic E-state index is 9.94. The Labute approximate surface area is 367 Å². The van der Waals surface area contributed by atoms with Crippen molar-refractivity contribution in [2.75, 3.05) is 0 Å². The molecule has 12 aromatic rings. The molecule has 10 heteroatoms. The molecule has 0 aliphatic carbocycles. The molecule has 0 radical (unpaired) electrons. The summed E-state index contributed by atoms with van der Waals surface area (Å²) in [4.78, 5) is 21.1. The van der Waals surface area contributed by atoms with Gasteiger partial charge in [0.25, 0.3) is 0 Å². The first-order chi connectivity index (χ1) is 31.6. The van der Waals surface area contributed by atoms with Gasteiger partial charge in [0.15, 0.2) is 13.9 Å². The molecule has 0 spiro atoms. The van der Waals surface area contributed by atoms with E-state index in [9.17, 15) is 10.5 Å². The summed E-state index contributed by atoms with van der Waals surface area (Å²) in [5.41, 5.74) is 7.11. The van der Waals surface area contributed by atoms with Gasteiger partial charge in [-0.2, -0.15) is 25.5 Å². The predicted molar refractivity (Wildman–Crippen MR) is 256 cm³/mol. The minimum absolute atomic E-state index is 0.382. The Hall–Kier alpha value is -8.96. The number of nitrogens with zero attached hydrogens (tertiary/aromatic N) is 9. The second-order valence-corrected chi connectivity index (χ2v) is 19.6. The standard InChI is InChI=1S/C54H33N9Si/c55-34-36-24-30-46-43(32-36)44-33-37(35-56)25-31-47(44)61(46)52-58-51(59-53(60-52)63-50-23-13-12-22-49(50)62-48-21-11-10-20-45(48)57-54(62)63)38-26-28-42(29-27-38)64(39-14-4-1-5-15-39,40-16-6-2-7-17-40)41-18-8-3-9-19-41/h1-33H. The van der Waals surface area contributed by atoms with E-state index >= 15 is 0 Å². The highest BCUT2D eigenvalue weighted by Crippen LogP contribution is 2.34. The van der Waals surface area contributed by atoms with Crippen LogP contribution in [0.4, 0.5) is 0 Å². The van der Waals surface area contributed by atoms with Crippen LogP contribution >= 0.6 is 0 Å². The molecule has 9 nitrogen and oxygen atoms in total. The SMILES string of the molecule is N#Cc1ccc2c(c1)c1cc(C#N)ccc1n2-c1nc(-c2ccc([Si](c3ccccc3)(c3ccccc3)c3ccccc3)cc2)nc(-n2c3ccccc3n3c4ccccc4nc23)n1. The van der Waals surface area contributed by atoms with E-state index < -0.39 is 8.07 Å². The molecule has 0 atom stereocenters. The molecule has 0 fully saturated rings. The molecule has 4 heterocycles. The zero-order chi connectivity index (χ0) is 42.8. The number of rotatable bonds is 7. The Bertz CT molecular complexity index is 3690. The lowest BCUT2D eigenvalue weighted by molar-refractivity contribution is 0.884. The first kappa shape index (κ1) is 36.9. The number of benzene rings is 8. The van der Waals surface area contributed by atoms with Crippen LogP contribution in [0, 0.1) is 22.7 Å². The molecule has 0 N–H and O–H groups in total. The van der Waals surface area contributed by atoms with E-state index in [1.165, 1.54) is 20.7 Å². The number of nitriles is 2. The number of fused-ring (bicyclic) bond motifs is 8. The van der Waals surface area contributed by atoms with Crippen molar-refractivity contribution in [2.24, 2.45) is 0 Å². The van der Waals surface area contributed by atoms with Crippen molar-refractivity contribution >= 4 is 78.5 Å². The minimum atomic E-state index is -2.81. The topological polar surface area (TPSA) is 113 Å². The van der Waals surface area contributed by atoms with Gasteiger partial charge in [-0.25, -0.2) is 9.55 Å². The van der Waals surface area contributed by atoms with E-state index in [4.69, 9.17) is 19.9 Å². The second kappa shape index (κ2) is 14.6. The third kappa shape index (κ3) is 5.54. The fourth-order valence-electron chi connectivity index (χ4n) is 9.54. The summed E-state index contributed by atoms with van der Waals surface area (Å²) in [5.74, 6) is 1.92. The number of aromatic nitrogens is 7. The fourth-order valence-corrected chi connectivity index (χ4v) is 14.3. The van der Waals surface area contributed by atoms with Crippen molar-refractivity contribution in [3.05, 3.63) is 211 Å². The summed E-state index contributed by atoms with van der Waals surface area (Å²) in [5, 5.41) is 26.6. The number of hydrogen-bond acceptors (Lipinski definition) is 6. The van der Waals surface area contributed by atoms with Crippen LogP contribution in [-0.4, -0.2) is 41.5 Å². The lowest BCUT2D eigenvalue weighted by Crippen LogP contribution is -2.74. The van der Waals surface area contributed by atoms with Crippen molar-refractivity contribution in [2.45, 2.75) is 0 Å². The average molecular weight is 836 g/mol. The van der Waals surface area contributed by atoms with Crippen LogP contribution in [0.15, 0.2) is 200 Å². The third-order valence-electron chi connectivity index (χ3n) is 12.3. The molecule has 0 amide bonds. The van der Waals surface area contributed by atoms with Gasteiger partial charge >= 0.3 is 0 Å². The first-order valence-corrected chi connectivity index (χ1v) is 22.9. The van der Waals surface area contributed by atoms with Gasteiger partial charge in [-0.3, -0.25) is 8.97 Å². The summed E-state index contributed by atoms with van der Waals surface area (Å²) >= 11 is 0. The van der Waals surface area contributed by atoms with Crippen LogP contribution < -0.4 is 20.7 Å². The molecule has 0 saturated heterocycles. The molecule has 8 aromatic carbocycles. The molecule has 64 heavy (non-hydrogen) atoms. The quantitative estimate of drug-likeness (QED) is 0.118. The van der Waals surface area contributed by atoms with E-state index in [0.717, 1.165) is 49.4 Å². The highest BCUT2D eigenvalue weighted by Gasteiger charge is 2.41. The van der Waals surface area contributed by atoms with Gasteiger partial charge in [-0.15, -0.1) is 0 Å². The smallest absolute Gasteiger partial charge is 0.242 e. The van der Waals surface area contributed by atoms with Crippen molar-refractivity contribution in [1.82, 2.24) is 33.5 Å². The van der Waals surface area contributed by atoms with Crippen molar-refractivity contribution in [3.8, 4) is 35.4 Å². The zero-order valence-corrected chi connectivity index (χ0v) is 35.1. The summed E-state index contributed by atoms with van der Waals surface area (Å²) in [7, 11) is -2.81. The monoisotopic (exact) mass is 835 g/mol. The largest absolute Gasteiger partial charge is 0.278 e. The molecule has 0 aliphatic rings. The first-order valence-electron chi connectivity index (χ1n) is 20.9.